The Kier molecular flexibility index (Phi) is 6.98. The topological polar surface area (TPSA) is 76.1 Å². The van der Waals surface area contributed by atoms with Gasteiger partial charge in [0.05, 0.1) is 7.11 Å². The van der Waals surface area contributed by atoms with Gasteiger partial charge in [-0.1, -0.05) is 48.0 Å². The number of carboxylic acid groups (broad SMARTS) is 1. The highest BCUT2D eigenvalue weighted by Crippen LogP contribution is 2.44. The summed E-state index contributed by atoms with van der Waals surface area (Å²) < 4.78 is 26.0. The Balaban J connectivity index is 1.63. The van der Waals surface area contributed by atoms with Crippen molar-refractivity contribution in [1.82, 2.24) is 4.90 Å². The molecule has 1 amide bonds. The van der Waals surface area contributed by atoms with Crippen LogP contribution in [0.2, 0.25) is 5.02 Å². The van der Waals surface area contributed by atoms with Crippen molar-refractivity contribution in [2.24, 2.45) is 0 Å². The van der Waals surface area contributed by atoms with Crippen molar-refractivity contribution >= 4 is 23.5 Å². The van der Waals surface area contributed by atoms with E-state index in [0.717, 1.165) is 5.56 Å². The lowest BCUT2D eigenvalue weighted by Gasteiger charge is -2.24. The maximum Gasteiger partial charge on any atom is 0.323 e. The third-order valence-electron chi connectivity index (χ3n) is 5.97. The minimum Gasteiger partial charge on any atom is -0.493 e. The predicted molar refractivity (Wildman–Crippen MR) is 130 cm³/mol. The van der Waals surface area contributed by atoms with Crippen LogP contribution in [0.25, 0.3) is 0 Å². The number of rotatable bonds is 8. The highest BCUT2D eigenvalue weighted by Gasteiger charge is 2.38. The van der Waals surface area contributed by atoms with E-state index in [0.29, 0.717) is 40.5 Å². The van der Waals surface area contributed by atoms with Crippen molar-refractivity contribution in [3.63, 3.8) is 0 Å². The van der Waals surface area contributed by atoms with Gasteiger partial charge in [-0.05, 0) is 42.3 Å². The van der Waals surface area contributed by atoms with E-state index in [1.54, 1.807) is 48.5 Å². The molecule has 35 heavy (non-hydrogen) atoms. The van der Waals surface area contributed by atoms with Crippen molar-refractivity contribution in [3.05, 3.63) is 93.8 Å². The molecule has 0 unspecified atom stereocenters. The fourth-order valence-electron chi connectivity index (χ4n) is 4.39. The molecule has 1 N–H and O–H groups in total. The van der Waals surface area contributed by atoms with Crippen LogP contribution < -0.4 is 9.47 Å². The molecule has 0 spiro atoms. The first-order valence-corrected chi connectivity index (χ1v) is 11.4. The molecule has 0 aromatic heterocycles. The average molecular weight is 498 g/mol. The standard InChI is InChI=1S/C27H25ClFNO5/c1-27(13-17-7-4-6-10-22(17)29)14-20-11-19(12-23(34-2)25(20)35-27)26(33)30(16-24(31)32)15-18-8-3-5-9-21(18)28/h3-12H,13-16H2,1-2H3,(H,31,32)/t27-/m0/s1. The molecule has 1 atom stereocenters. The number of hydrogen-bond acceptors (Lipinski definition) is 4. The summed E-state index contributed by atoms with van der Waals surface area (Å²) >= 11 is 6.24. The van der Waals surface area contributed by atoms with Crippen LogP contribution in [0.4, 0.5) is 4.39 Å². The van der Waals surface area contributed by atoms with Crippen LogP contribution in [0.3, 0.4) is 0 Å². The van der Waals surface area contributed by atoms with Crippen LogP contribution >= 0.6 is 11.6 Å². The van der Waals surface area contributed by atoms with Crippen molar-refractivity contribution in [3.8, 4) is 11.5 Å². The lowest BCUT2D eigenvalue weighted by Crippen LogP contribution is -2.35. The zero-order valence-electron chi connectivity index (χ0n) is 19.4. The first kappa shape index (κ1) is 24.5. The molecule has 0 aliphatic carbocycles. The molecular weight excluding hydrogens is 473 g/mol. The Bertz CT molecular complexity index is 1280. The highest BCUT2D eigenvalue weighted by molar-refractivity contribution is 6.31. The Labute approximate surface area is 207 Å². The van der Waals surface area contributed by atoms with E-state index >= 15 is 0 Å². The van der Waals surface area contributed by atoms with Crippen molar-refractivity contribution in [1.29, 1.82) is 0 Å². The summed E-state index contributed by atoms with van der Waals surface area (Å²) in [5, 5.41) is 9.86. The molecule has 1 aliphatic rings. The van der Waals surface area contributed by atoms with Crippen LogP contribution in [0, 0.1) is 5.82 Å². The van der Waals surface area contributed by atoms with Crippen molar-refractivity contribution in [2.45, 2.75) is 31.9 Å². The van der Waals surface area contributed by atoms with Gasteiger partial charge in [-0.15, -0.1) is 0 Å². The lowest BCUT2D eigenvalue weighted by molar-refractivity contribution is -0.137. The first-order chi connectivity index (χ1) is 16.7. The highest BCUT2D eigenvalue weighted by atomic mass is 35.5. The lowest BCUT2D eigenvalue weighted by atomic mass is 9.91. The number of ether oxygens (including phenoxy) is 2. The van der Waals surface area contributed by atoms with Crippen LogP contribution in [0.5, 0.6) is 11.5 Å². The van der Waals surface area contributed by atoms with Gasteiger partial charge in [0.2, 0.25) is 0 Å². The normalized spacial score (nSPS) is 16.3. The van der Waals surface area contributed by atoms with Gasteiger partial charge < -0.3 is 19.5 Å². The fraction of sp³-hybridized carbons (Fsp3) is 0.259. The summed E-state index contributed by atoms with van der Waals surface area (Å²) in [4.78, 5) is 26.2. The molecular formula is C27H25ClFNO5. The van der Waals surface area contributed by atoms with Gasteiger partial charge >= 0.3 is 5.97 Å². The van der Waals surface area contributed by atoms with Gasteiger partial charge in [-0.2, -0.15) is 0 Å². The van der Waals surface area contributed by atoms with Crippen LogP contribution in [-0.4, -0.2) is 41.1 Å². The summed E-state index contributed by atoms with van der Waals surface area (Å²) in [5.41, 5.74) is 1.44. The van der Waals surface area contributed by atoms with E-state index in [1.165, 1.54) is 24.1 Å². The second kappa shape index (κ2) is 9.96. The van der Waals surface area contributed by atoms with E-state index in [9.17, 15) is 19.1 Å². The molecule has 0 bridgehead atoms. The number of amides is 1. The van der Waals surface area contributed by atoms with Crippen LogP contribution in [-0.2, 0) is 24.2 Å². The van der Waals surface area contributed by atoms with Gasteiger partial charge in [0.15, 0.2) is 11.5 Å². The smallest absolute Gasteiger partial charge is 0.323 e. The number of hydrogen-bond donors (Lipinski definition) is 1. The van der Waals surface area contributed by atoms with E-state index in [2.05, 4.69) is 0 Å². The maximum absolute atomic E-state index is 14.3. The third kappa shape index (κ3) is 5.41. The first-order valence-electron chi connectivity index (χ1n) is 11.1. The molecule has 6 nitrogen and oxygen atoms in total. The number of carbonyl (C=O) groups is 2. The summed E-state index contributed by atoms with van der Waals surface area (Å²) in [6.07, 6.45) is 0.760. The van der Waals surface area contributed by atoms with Crippen LogP contribution in [0.1, 0.15) is 34.0 Å². The summed E-state index contributed by atoms with van der Waals surface area (Å²) in [5.74, 6) is -1.06. The molecule has 1 aliphatic heterocycles. The SMILES string of the molecule is COc1cc(C(=O)N(CC(=O)O)Cc2ccccc2Cl)cc2c1O[C@@](C)(Cc1ccccc1F)C2. The van der Waals surface area contributed by atoms with Crippen molar-refractivity contribution in [2.75, 3.05) is 13.7 Å². The quantitative estimate of drug-likeness (QED) is 0.465. The minimum absolute atomic E-state index is 0.0334. The van der Waals surface area contributed by atoms with E-state index in [-0.39, 0.29) is 17.9 Å². The average Bonchev–Trinajstić information content (AvgIpc) is 3.16. The number of carbonyl (C=O) groups excluding carboxylic acids is 1. The number of halogens is 2. The number of methoxy groups -OCH3 is 1. The third-order valence-corrected chi connectivity index (χ3v) is 6.33. The molecule has 0 fully saturated rings. The zero-order chi connectivity index (χ0) is 25.2. The Morgan fingerprint density at radius 1 is 1.14 bits per heavy atom. The van der Waals surface area contributed by atoms with E-state index in [1.807, 2.05) is 6.92 Å². The second-order valence-electron chi connectivity index (χ2n) is 8.81. The zero-order valence-corrected chi connectivity index (χ0v) is 20.1. The van der Waals surface area contributed by atoms with E-state index in [4.69, 9.17) is 21.1 Å². The Hall–Kier alpha value is -3.58. The number of aliphatic carboxylic acids is 1. The molecule has 3 aromatic rings. The Morgan fingerprint density at radius 2 is 1.83 bits per heavy atom. The molecule has 1 heterocycles. The largest absolute Gasteiger partial charge is 0.493 e. The van der Waals surface area contributed by atoms with Gasteiger partial charge in [-0.25, -0.2) is 4.39 Å². The predicted octanol–water partition coefficient (Wildman–Crippen LogP) is 5.15. The molecule has 182 valence electrons. The number of carboxylic acids is 1. The summed E-state index contributed by atoms with van der Waals surface area (Å²) in [6, 6.07) is 16.7. The Morgan fingerprint density at radius 3 is 2.49 bits per heavy atom. The monoisotopic (exact) mass is 497 g/mol. The summed E-state index contributed by atoms with van der Waals surface area (Å²) in [6.45, 7) is 1.42. The van der Waals surface area contributed by atoms with Crippen molar-refractivity contribution < 1.29 is 28.6 Å². The molecule has 0 saturated carbocycles. The molecule has 8 heteroatoms. The number of nitrogens with zero attached hydrogens (tertiary/aromatic N) is 1. The number of benzene rings is 3. The molecule has 0 radical (unpaired) electrons. The van der Waals surface area contributed by atoms with Gasteiger partial charge in [-0.3, -0.25) is 9.59 Å². The van der Waals surface area contributed by atoms with E-state index < -0.39 is 24.0 Å². The maximum atomic E-state index is 14.3. The number of fused-ring (bicyclic) bond motifs is 1. The van der Waals surface area contributed by atoms with Gasteiger partial charge in [0, 0.05) is 35.5 Å². The molecule has 3 aromatic carbocycles. The minimum atomic E-state index is -1.14. The fourth-order valence-corrected chi connectivity index (χ4v) is 4.58. The van der Waals surface area contributed by atoms with Gasteiger partial charge in [0.25, 0.3) is 5.91 Å². The second-order valence-corrected chi connectivity index (χ2v) is 9.22. The van der Waals surface area contributed by atoms with Crippen LogP contribution in [0.15, 0.2) is 60.7 Å². The molecule has 0 saturated heterocycles. The molecule has 4 rings (SSSR count). The summed E-state index contributed by atoms with van der Waals surface area (Å²) in [7, 11) is 1.47. The van der Waals surface area contributed by atoms with Gasteiger partial charge in [0.1, 0.15) is 18.0 Å².